The maximum atomic E-state index is 10.4. The quantitative estimate of drug-likeness (QED) is 0.364. The molecule has 7 N–H and O–H groups in total. The van der Waals surface area contributed by atoms with E-state index in [2.05, 4.69) is 11.3 Å². The van der Waals surface area contributed by atoms with E-state index in [0.717, 1.165) is 6.08 Å². The summed E-state index contributed by atoms with van der Waals surface area (Å²) in [6.07, 6.45) is 1.05. The fourth-order valence-corrected chi connectivity index (χ4v) is 0.648. The normalized spacial score (nSPS) is 12.3. The molecule has 6 heteroatoms. The van der Waals surface area contributed by atoms with E-state index in [4.69, 9.17) is 15.4 Å². The monoisotopic (exact) mass is 150 g/mol. The second kappa shape index (κ2) is 2.83. The van der Waals surface area contributed by atoms with Crippen molar-refractivity contribution in [1.82, 2.24) is 4.72 Å². The van der Waals surface area contributed by atoms with Gasteiger partial charge in [-0.25, -0.2) is 0 Å². The average molecular weight is 150 g/mol. The summed E-state index contributed by atoms with van der Waals surface area (Å²) in [5, 5.41) is 15.2. The highest BCUT2D eigenvalue weighted by atomic mass is 32.3. The molecule has 5 nitrogen and oxygen atoms in total. The largest absolute Gasteiger partial charge is 0.280 e. The van der Waals surface area contributed by atoms with Crippen molar-refractivity contribution in [3.8, 4) is 0 Å². The van der Waals surface area contributed by atoms with Crippen LogP contribution >= 0.6 is 10.8 Å². The van der Waals surface area contributed by atoms with Gasteiger partial charge in [-0.05, 0) is 6.08 Å². The van der Waals surface area contributed by atoms with E-state index in [1.807, 2.05) is 0 Å². The Balaban J connectivity index is 3.74. The Morgan fingerprint density at radius 1 is 1.56 bits per heavy atom. The zero-order valence-electron chi connectivity index (χ0n) is 4.83. The van der Waals surface area contributed by atoms with Crippen LogP contribution in [0.3, 0.4) is 0 Å². The number of amides is 1. The van der Waals surface area contributed by atoms with Crippen molar-refractivity contribution in [2.24, 2.45) is 15.4 Å². The second-order valence-corrected chi connectivity index (χ2v) is 3.16. The Kier molecular flexibility index (Phi) is 2.65. The van der Waals surface area contributed by atoms with Crippen molar-refractivity contribution >= 4 is 16.7 Å². The molecule has 1 amide bonds. The molecule has 0 unspecified atom stereocenters. The number of nitrogens with two attached hydrogens (primary N) is 3. The topological polar surface area (TPSA) is 107 Å². The first-order valence-electron chi connectivity index (χ1n) is 2.06. The highest BCUT2D eigenvalue weighted by molar-refractivity contribution is 8.27. The van der Waals surface area contributed by atoms with Crippen molar-refractivity contribution in [3.63, 3.8) is 0 Å². The molecule has 0 aromatic rings. The van der Waals surface area contributed by atoms with Crippen LogP contribution in [0, 0.1) is 0 Å². The molecule has 0 radical (unpaired) electrons. The zero-order valence-corrected chi connectivity index (χ0v) is 5.65. The molecule has 0 aliphatic heterocycles. The molecule has 54 valence electrons. The molecule has 0 heterocycles. The van der Waals surface area contributed by atoms with Gasteiger partial charge in [0.2, 0.25) is 0 Å². The average Bonchev–Trinajstić information content (AvgIpc) is 1.62. The molecule has 0 aromatic carbocycles. The first kappa shape index (κ1) is 8.44. The summed E-state index contributed by atoms with van der Waals surface area (Å²) in [5.74, 6) is -0.461. The van der Waals surface area contributed by atoms with Crippen LogP contribution in [-0.4, -0.2) is 5.91 Å². The molecule has 0 spiro atoms. The van der Waals surface area contributed by atoms with Gasteiger partial charge < -0.3 is 0 Å². The van der Waals surface area contributed by atoms with Crippen LogP contribution in [0.4, 0.5) is 0 Å². The van der Waals surface area contributed by atoms with E-state index in [1.54, 1.807) is 0 Å². The van der Waals surface area contributed by atoms with Gasteiger partial charge in [0.1, 0.15) is 0 Å². The third-order valence-electron chi connectivity index (χ3n) is 0.463. The summed E-state index contributed by atoms with van der Waals surface area (Å²) >= 11 is 0. The van der Waals surface area contributed by atoms with Crippen LogP contribution < -0.4 is 20.1 Å². The third kappa shape index (κ3) is 5.31. The van der Waals surface area contributed by atoms with E-state index in [1.165, 1.54) is 0 Å². The van der Waals surface area contributed by atoms with Gasteiger partial charge in [-0.1, -0.05) is 6.58 Å². The summed E-state index contributed by atoms with van der Waals surface area (Å²) in [7, 11) is -2.41. The third-order valence-corrected chi connectivity index (χ3v) is 1.02. The predicted molar refractivity (Wildman–Crippen MR) is 38.5 cm³/mol. The lowest BCUT2D eigenvalue weighted by Crippen LogP contribution is -2.43. The highest BCUT2D eigenvalue weighted by Crippen LogP contribution is 2.09. The van der Waals surface area contributed by atoms with Crippen LogP contribution in [0.15, 0.2) is 12.7 Å². The van der Waals surface area contributed by atoms with E-state index in [0.29, 0.717) is 0 Å². The fourth-order valence-electron chi connectivity index (χ4n) is 0.216. The maximum absolute atomic E-state index is 10.4. The molecule has 0 bridgehead atoms. The SMILES string of the molecule is C=CC(=O)NS(N)(N)N. The molecular weight excluding hydrogens is 140 g/mol. The molecule has 0 atom stereocenters. The first-order chi connectivity index (χ1) is 3.95. The molecule has 0 saturated heterocycles. The summed E-state index contributed by atoms with van der Waals surface area (Å²) in [6, 6.07) is 0. The molecule has 0 saturated carbocycles. The number of rotatable bonds is 2. The smallest absolute Gasteiger partial charge is 0.254 e. The van der Waals surface area contributed by atoms with E-state index >= 15 is 0 Å². The van der Waals surface area contributed by atoms with Gasteiger partial charge in [0.25, 0.3) is 5.91 Å². The van der Waals surface area contributed by atoms with Gasteiger partial charge in [0.05, 0.1) is 0 Å². The molecule has 0 aromatic heterocycles. The summed E-state index contributed by atoms with van der Waals surface area (Å²) in [6.45, 7) is 3.18. The van der Waals surface area contributed by atoms with Crippen LogP contribution in [0.1, 0.15) is 0 Å². The van der Waals surface area contributed by atoms with Crippen LogP contribution in [-0.2, 0) is 4.79 Å². The Hall–Kier alpha value is -0.560. The molecule has 0 aliphatic rings. The lowest BCUT2D eigenvalue weighted by Gasteiger charge is -2.24. The molecule has 0 rings (SSSR count). The van der Waals surface area contributed by atoms with Crippen molar-refractivity contribution < 1.29 is 4.79 Å². The lowest BCUT2D eigenvalue weighted by molar-refractivity contribution is -0.114. The van der Waals surface area contributed by atoms with Crippen molar-refractivity contribution in [2.75, 3.05) is 0 Å². The van der Waals surface area contributed by atoms with Crippen LogP contribution in [0.2, 0.25) is 0 Å². The summed E-state index contributed by atoms with van der Waals surface area (Å²) < 4.78 is 2.13. The van der Waals surface area contributed by atoms with E-state index < -0.39 is 16.7 Å². The number of nitrogens with one attached hydrogen (secondary N) is 1. The van der Waals surface area contributed by atoms with Gasteiger partial charge in [-0.3, -0.25) is 24.9 Å². The molecule has 9 heavy (non-hydrogen) atoms. The first-order valence-corrected chi connectivity index (χ1v) is 3.88. The van der Waals surface area contributed by atoms with Crippen molar-refractivity contribution in [3.05, 3.63) is 12.7 Å². The van der Waals surface area contributed by atoms with Crippen LogP contribution in [0.25, 0.3) is 0 Å². The van der Waals surface area contributed by atoms with Gasteiger partial charge >= 0.3 is 0 Å². The van der Waals surface area contributed by atoms with Gasteiger partial charge in [-0.15, -0.1) is 0 Å². The minimum atomic E-state index is -2.41. The lowest BCUT2D eigenvalue weighted by atomic mass is 10.6. The Morgan fingerprint density at radius 2 is 2.00 bits per heavy atom. The van der Waals surface area contributed by atoms with Crippen molar-refractivity contribution in [2.45, 2.75) is 0 Å². The summed E-state index contributed by atoms with van der Waals surface area (Å²) in [4.78, 5) is 10.4. The zero-order chi connectivity index (χ0) is 7.49. The predicted octanol–water partition coefficient (Wildman–Crippen LogP) is -1.37. The minimum absolute atomic E-state index is 0.461. The van der Waals surface area contributed by atoms with Gasteiger partial charge in [-0.2, -0.15) is 0 Å². The van der Waals surface area contributed by atoms with Crippen LogP contribution in [0.5, 0.6) is 0 Å². The molecule has 0 fully saturated rings. The Labute approximate surface area is 55.1 Å². The van der Waals surface area contributed by atoms with Crippen molar-refractivity contribution in [1.29, 1.82) is 0 Å². The maximum Gasteiger partial charge on any atom is 0.254 e. The molecular formula is C3H10N4OS. The Morgan fingerprint density at radius 3 is 2.11 bits per heavy atom. The summed E-state index contributed by atoms with van der Waals surface area (Å²) in [5.41, 5.74) is 0. The number of carbonyl (C=O) groups excluding carboxylic acids is 1. The highest BCUT2D eigenvalue weighted by Gasteiger charge is 2.05. The number of hydrogen-bond acceptors (Lipinski definition) is 4. The van der Waals surface area contributed by atoms with E-state index in [9.17, 15) is 4.79 Å². The number of carbonyl (C=O) groups is 1. The second-order valence-electron chi connectivity index (χ2n) is 1.43. The Bertz CT molecular complexity index is 128. The van der Waals surface area contributed by atoms with E-state index in [-0.39, 0.29) is 0 Å². The standard InChI is InChI=1S/C3H10N4OS/c1-2-3(8)7-9(4,5)6/h2H,1,4-6H2,(H,7,8). The molecule has 0 aliphatic carbocycles. The number of hydrogen-bond donors (Lipinski definition) is 4. The fraction of sp³-hybridized carbons (Fsp3) is 0. The van der Waals surface area contributed by atoms with Gasteiger partial charge in [0.15, 0.2) is 0 Å². The van der Waals surface area contributed by atoms with Gasteiger partial charge in [0, 0.05) is 10.8 Å². The minimum Gasteiger partial charge on any atom is -0.280 e.